The Hall–Kier alpha value is -0.940. The Morgan fingerprint density at radius 1 is 0.736 bits per heavy atom. The van der Waals surface area contributed by atoms with Gasteiger partial charge in [0.1, 0.15) is 30.5 Å². The van der Waals surface area contributed by atoms with Crippen molar-refractivity contribution in [3.63, 3.8) is 0 Å². The van der Waals surface area contributed by atoms with Gasteiger partial charge in [0.2, 0.25) is 5.91 Å². The predicted octanol–water partition coefficient (Wildman–Crippen LogP) is 3.82. The summed E-state index contributed by atoms with van der Waals surface area (Å²) in [4.78, 5) is 12.9. The van der Waals surface area contributed by atoms with Crippen LogP contribution in [0.2, 0.25) is 0 Å². The molecule has 2 aliphatic heterocycles. The Morgan fingerprint density at radius 3 is 1.83 bits per heavy atom. The van der Waals surface area contributed by atoms with Crippen molar-refractivity contribution in [2.24, 2.45) is 0 Å². The van der Waals surface area contributed by atoms with Gasteiger partial charge in [-0.1, -0.05) is 116 Å². The molecule has 1 amide bonds. The predicted molar refractivity (Wildman–Crippen MR) is 204 cm³/mol. The molecule has 8 atom stereocenters. The number of sulfone groups is 1. The lowest BCUT2D eigenvalue weighted by Crippen LogP contribution is -2.60. The molecule has 2 saturated heterocycles. The molecule has 53 heavy (non-hydrogen) atoms. The van der Waals surface area contributed by atoms with E-state index in [-0.39, 0.29) is 36.5 Å². The van der Waals surface area contributed by atoms with Gasteiger partial charge in [-0.2, -0.15) is 0 Å². The summed E-state index contributed by atoms with van der Waals surface area (Å²) in [7, 11) is -2.88. The number of ether oxygens (including phenoxy) is 3. The molecule has 0 aromatic rings. The van der Waals surface area contributed by atoms with Gasteiger partial charge >= 0.3 is 0 Å². The molecule has 2 aliphatic rings. The highest BCUT2D eigenvalue weighted by Gasteiger charge is 2.44. The van der Waals surface area contributed by atoms with Crippen LogP contribution >= 0.6 is 0 Å². The highest BCUT2D eigenvalue weighted by Crippen LogP contribution is 2.23. The number of carbonyl (C=O) groups is 1. The van der Waals surface area contributed by atoms with E-state index in [1.165, 1.54) is 51.4 Å². The second-order valence-electron chi connectivity index (χ2n) is 15.4. The quantitative estimate of drug-likeness (QED) is 0.0501. The number of rotatable bonds is 31. The third-order valence-corrected chi connectivity index (χ3v) is 12.4. The Morgan fingerprint density at radius 2 is 1.26 bits per heavy atom. The monoisotopic (exact) mass is 782 g/mol. The van der Waals surface area contributed by atoms with Gasteiger partial charge in [0.05, 0.1) is 43.0 Å². The summed E-state index contributed by atoms with van der Waals surface area (Å²) in [5.74, 6) is 0.125. The first kappa shape index (κ1) is 48.2. The molecule has 314 valence electrons. The fourth-order valence-corrected chi connectivity index (χ4v) is 8.55. The normalized spacial score (nSPS) is 25.2. The van der Waals surface area contributed by atoms with Crippen molar-refractivity contribution in [3.8, 4) is 0 Å². The van der Waals surface area contributed by atoms with Gasteiger partial charge in [-0.25, -0.2) is 8.42 Å². The molecule has 2 rings (SSSR count). The molecule has 5 unspecified atom stereocenters. The Bertz CT molecular complexity index is 1020. The van der Waals surface area contributed by atoms with Gasteiger partial charge < -0.3 is 50.2 Å². The van der Waals surface area contributed by atoms with Crippen LogP contribution in [0, 0.1) is 0 Å². The summed E-state index contributed by atoms with van der Waals surface area (Å²) in [6.07, 6.45) is 12.6. The molecule has 2 fully saturated rings. The number of carbonyl (C=O) groups excluding carboxylic acids is 1. The largest absolute Gasteiger partial charge is 0.394 e. The van der Waals surface area contributed by atoms with Gasteiger partial charge in [-0.05, 0) is 32.1 Å². The fraction of sp³-hybridized carbons (Fsp3) is 0.974. The maximum absolute atomic E-state index is 12.9. The molecule has 13 nitrogen and oxygen atoms in total. The van der Waals surface area contributed by atoms with Crippen LogP contribution in [0.15, 0.2) is 0 Å². The van der Waals surface area contributed by atoms with Crippen molar-refractivity contribution in [1.82, 2.24) is 5.32 Å². The smallest absolute Gasteiger partial charge is 0.220 e. The molecular weight excluding hydrogens is 706 g/mol. The van der Waals surface area contributed by atoms with E-state index in [0.717, 1.165) is 64.2 Å². The zero-order chi connectivity index (χ0) is 38.9. The van der Waals surface area contributed by atoms with Gasteiger partial charge in [0.15, 0.2) is 16.1 Å². The van der Waals surface area contributed by atoms with Crippen LogP contribution in [0.3, 0.4) is 0 Å². The van der Waals surface area contributed by atoms with E-state index < -0.39 is 65.4 Å². The van der Waals surface area contributed by atoms with E-state index in [1.54, 1.807) is 0 Å². The molecule has 7 N–H and O–H groups in total. The second kappa shape index (κ2) is 28.5. The standard InChI is InChI=1S/C39H75NO12S/c1-2-3-4-5-6-7-8-9-10-12-15-18-21-32(42)35(44)31(29-51-39-38(47)37(46)36(45)33(28-41)52-39)40-34(43)22-19-16-13-11-14-17-20-25-50-30-23-26-53(48,49)27-24-30/h30-33,35-39,41-42,44-47H,2-29H2,1H3,(H,40,43)/t31-,32+,33?,35-,36?,37?,38?,39?/m0/s1. The molecule has 14 heteroatoms. The molecule has 0 aliphatic carbocycles. The number of aliphatic hydroxyl groups excluding tert-OH is 6. The summed E-state index contributed by atoms with van der Waals surface area (Å²) in [6.45, 7) is 1.92. The van der Waals surface area contributed by atoms with E-state index >= 15 is 0 Å². The third-order valence-electron chi connectivity index (χ3n) is 10.7. The third kappa shape index (κ3) is 20.7. The molecule has 0 saturated carbocycles. The highest BCUT2D eigenvalue weighted by molar-refractivity contribution is 7.91. The summed E-state index contributed by atoms with van der Waals surface area (Å²) in [6, 6.07) is -1.03. The first-order valence-corrected chi connectivity index (χ1v) is 22.7. The molecular formula is C39H75NO12S. The zero-order valence-electron chi connectivity index (χ0n) is 32.5. The lowest BCUT2D eigenvalue weighted by Gasteiger charge is -2.40. The van der Waals surface area contributed by atoms with Crippen LogP contribution in [0.4, 0.5) is 0 Å². The van der Waals surface area contributed by atoms with Crippen molar-refractivity contribution in [1.29, 1.82) is 0 Å². The zero-order valence-corrected chi connectivity index (χ0v) is 33.4. The minimum Gasteiger partial charge on any atom is -0.394 e. The molecule has 0 aromatic carbocycles. The van der Waals surface area contributed by atoms with Crippen molar-refractivity contribution in [3.05, 3.63) is 0 Å². The first-order valence-electron chi connectivity index (χ1n) is 20.9. The summed E-state index contributed by atoms with van der Waals surface area (Å²) in [5.41, 5.74) is 0. The van der Waals surface area contributed by atoms with E-state index in [1.807, 2.05) is 0 Å². The molecule has 0 radical (unpaired) electrons. The number of unbranched alkanes of at least 4 members (excludes halogenated alkanes) is 17. The van der Waals surface area contributed by atoms with Crippen molar-refractivity contribution < 1.29 is 58.1 Å². The minimum absolute atomic E-state index is 0.0483. The number of hydrogen-bond donors (Lipinski definition) is 7. The lowest BCUT2D eigenvalue weighted by molar-refractivity contribution is -0.303. The molecule has 0 aromatic heterocycles. The summed E-state index contributed by atoms with van der Waals surface area (Å²) >= 11 is 0. The van der Waals surface area contributed by atoms with Crippen molar-refractivity contribution in [2.75, 3.05) is 31.3 Å². The summed E-state index contributed by atoms with van der Waals surface area (Å²) in [5, 5.41) is 64.9. The van der Waals surface area contributed by atoms with Crippen LogP contribution in [0.5, 0.6) is 0 Å². The van der Waals surface area contributed by atoms with Crippen LogP contribution < -0.4 is 5.32 Å². The van der Waals surface area contributed by atoms with Gasteiger partial charge in [-0.3, -0.25) is 4.79 Å². The first-order chi connectivity index (χ1) is 25.5. The Kier molecular flexibility index (Phi) is 25.9. The number of hydrogen-bond acceptors (Lipinski definition) is 12. The molecule has 0 spiro atoms. The number of aliphatic hydroxyl groups is 6. The summed E-state index contributed by atoms with van der Waals surface area (Å²) < 4.78 is 40.0. The van der Waals surface area contributed by atoms with Crippen LogP contribution in [-0.2, 0) is 28.8 Å². The van der Waals surface area contributed by atoms with E-state index in [0.29, 0.717) is 32.3 Å². The van der Waals surface area contributed by atoms with Crippen LogP contribution in [0.25, 0.3) is 0 Å². The highest BCUT2D eigenvalue weighted by atomic mass is 32.2. The van der Waals surface area contributed by atoms with Crippen molar-refractivity contribution in [2.45, 2.75) is 210 Å². The average Bonchev–Trinajstić information content (AvgIpc) is 3.14. The topological polar surface area (TPSA) is 212 Å². The average molecular weight is 782 g/mol. The van der Waals surface area contributed by atoms with Gasteiger partial charge in [-0.15, -0.1) is 0 Å². The Labute approximate surface area is 319 Å². The van der Waals surface area contributed by atoms with Gasteiger partial charge in [0.25, 0.3) is 0 Å². The fourth-order valence-electron chi connectivity index (χ4n) is 7.10. The van der Waals surface area contributed by atoms with Crippen LogP contribution in [0.1, 0.15) is 155 Å². The van der Waals surface area contributed by atoms with Crippen molar-refractivity contribution >= 4 is 15.7 Å². The maximum atomic E-state index is 12.9. The SMILES string of the molecule is CCCCCCCCCCCCCC[C@@H](O)[C@@H](O)[C@H](COC1OC(CO)C(O)C(O)C1O)NC(=O)CCCCCCCCCOC1CCS(=O)(=O)CC1. The molecule has 2 heterocycles. The lowest BCUT2D eigenvalue weighted by atomic mass is 9.98. The Balaban J connectivity index is 1.70. The molecule has 0 bridgehead atoms. The minimum atomic E-state index is -2.88. The van der Waals surface area contributed by atoms with E-state index in [9.17, 15) is 43.9 Å². The van der Waals surface area contributed by atoms with Gasteiger partial charge in [0, 0.05) is 13.0 Å². The van der Waals surface area contributed by atoms with Crippen LogP contribution in [-0.4, -0.2) is 131 Å². The maximum Gasteiger partial charge on any atom is 0.220 e. The number of amides is 1. The van der Waals surface area contributed by atoms with E-state index in [4.69, 9.17) is 14.2 Å². The number of nitrogens with one attached hydrogen (secondary N) is 1. The second-order valence-corrected chi connectivity index (χ2v) is 17.7. The van der Waals surface area contributed by atoms with E-state index in [2.05, 4.69) is 12.2 Å².